The van der Waals surface area contributed by atoms with E-state index in [1.54, 1.807) is 6.92 Å². The zero-order chi connectivity index (χ0) is 16.9. The average Bonchev–Trinajstić information content (AvgIpc) is 3.02. The molecule has 0 spiro atoms. The highest BCUT2D eigenvalue weighted by molar-refractivity contribution is 8.03. The number of aliphatic hydroxyl groups excluding tert-OH is 1. The molecule has 8 nitrogen and oxygen atoms in total. The summed E-state index contributed by atoms with van der Waals surface area (Å²) < 4.78 is 0. The summed E-state index contributed by atoms with van der Waals surface area (Å²) in [7, 11) is 0. The molecule has 9 heteroatoms. The van der Waals surface area contributed by atoms with E-state index in [2.05, 4.69) is 5.43 Å². The van der Waals surface area contributed by atoms with E-state index in [1.165, 1.54) is 21.7 Å². The summed E-state index contributed by atoms with van der Waals surface area (Å²) in [6.07, 6.45) is -0.102. The van der Waals surface area contributed by atoms with Crippen LogP contribution >= 0.6 is 11.8 Å². The van der Waals surface area contributed by atoms with E-state index >= 15 is 0 Å². The number of β-lactam (4-membered cyclic amide) rings is 1. The van der Waals surface area contributed by atoms with Gasteiger partial charge in [-0.2, -0.15) is 0 Å². The molecular weight excluding hydrogens is 322 g/mol. The van der Waals surface area contributed by atoms with Crippen molar-refractivity contribution >= 4 is 30.0 Å². The number of nitrogens with zero attached hydrogens (tertiary/aromatic N) is 2. The third-order valence-electron chi connectivity index (χ3n) is 4.65. The number of fused-ring (bicyclic) bond motifs is 1. The topological polar surface area (TPSA) is 110 Å². The van der Waals surface area contributed by atoms with E-state index in [9.17, 15) is 24.6 Å². The van der Waals surface area contributed by atoms with Crippen LogP contribution in [0.15, 0.2) is 10.6 Å². The lowest BCUT2D eigenvalue weighted by Crippen LogP contribution is -2.63. The minimum absolute atomic E-state index is 0.0268. The predicted molar refractivity (Wildman–Crippen MR) is 81.8 cm³/mol. The van der Waals surface area contributed by atoms with E-state index in [-0.39, 0.29) is 28.8 Å². The smallest absolute Gasteiger partial charge is 0.353 e. The highest BCUT2D eigenvalue weighted by atomic mass is 32.2. The van der Waals surface area contributed by atoms with Crippen molar-refractivity contribution in [1.29, 1.82) is 0 Å². The fraction of sp³-hybridized carbons (Fsp3) is 0.643. The normalized spacial score (nSPS) is 34.5. The van der Waals surface area contributed by atoms with Crippen molar-refractivity contribution in [3.05, 3.63) is 10.6 Å². The van der Waals surface area contributed by atoms with Gasteiger partial charge in [0.25, 0.3) is 0 Å². The van der Waals surface area contributed by atoms with Gasteiger partial charge in [0, 0.05) is 22.6 Å². The van der Waals surface area contributed by atoms with Gasteiger partial charge in [-0.05, 0) is 6.92 Å². The lowest BCUT2D eigenvalue weighted by atomic mass is 9.79. The highest BCUT2D eigenvalue weighted by Crippen LogP contribution is 2.51. The van der Waals surface area contributed by atoms with Gasteiger partial charge in [0.2, 0.25) is 12.3 Å². The first-order valence-electron chi connectivity index (χ1n) is 7.47. The SMILES string of the molecule is C[C@@H](O)[C@H]1C(=O)N2C(C(=O)O)=C(SC3CNN(C=O)C3)[C@H](C)[C@H]12. The number of aliphatic hydroxyl groups is 1. The maximum atomic E-state index is 12.2. The number of carboxylic acids is 1. The molecule has 3 aliphatic heterocycles. The minimum atomic E-state index is -1.13. The molecule has 0 aliphatic carbocycles. The molecule has 0 aromatic rings. The maximum Gasteiger partial charge on any atom is 0.353 e. The second kappa shape index (κ2) is 5.81. The van der Waals surface area contributed by atoms with Gasteiger partial charge in [-0.1, -0.05) is 6.92 Å². The molecule has 5 atom stereocenters. The number of amides is 2. The van der Waals surface area contributed by atoms with E-state index in [0.29, 0.717) is 24.4 Å². The third kappa shape index (κ3) is 2.43. The summed E-state index contributed by atoms with van der Waals surface area (Å²) in [6, 6.07) is -0.298. The number of carbonyl (C=O) groups excluding carboxylic acids is 2. The Morgan fingerprint density at radius 2 is 2.22 bits per heavy atom. The number of aliphatic carboxylic acids is 1. The van der Waals surface area contributed by atoms with Crippen LogP contribution in [0.1, 0.15) is 13.8 Å². The van der Waals surface area contributed by atoms with Gasteiger partial charge in [-0.15, -0.1) is 11.8 Å². The van der Waals surface area contributed by atoms with Crippen LogP contribution in [0.3, 0.4) is 0 Å². The van der Waals surface area contributed by atoms with Crippen LogP contribution < -0.4 is 5.43 Å². The van der Waals surface area contributed by atoms with E-state index in [0.717, 1.165) is 0 Å². The monoisotopic (exact) mass is 341 g/mol. The molecule has 0 saturated carbocycles. The van der Waals surface area contributed by atoms with Gasteiger partial charge in [-0.25, -0.2) is 10.2 Å². The Morgan fingerprint density at radius 3 is 2.74 bits per heavy atom. The van der Waals surface area contributed by atoms with Crippen molar-refractivity contribution in [3.63, 3.8) is 0 Å². The summed E-state index contributed by atoms with van der Waals surface area (Å²) in [5.41, 5.74) is 2.94. The fourth-order valence-electron chi connectivity index (χ4n) is 3.59. The fourth-order valence-corrected chi connectivity index (χ4v) is 4.99. The summed E-state index contributed by atoms with van der Waals surface area (Å²) >= 11 is 1.40. The lowest BCUT2D eigenvalue weighted by Gasteiger charge is -2.46. The van der Waals surface area contributed by atoms with Gasteiger partial charge in [0.05, 0.1) is 24.6 Å². The van der Waals surface area contributed by atoms with Crippen molar-refractivity contribution < 1.29 is 24.6 Å². The Bertz CT molecular complexity index is 593. The Hall–Kier alpha value is -1.58. The number of rotatable bonds is 5. The first-order valence-corrected chi connectivity index (χ1v) is 8.35. The standard InChI is InChI=1S/C14H19N3O5S/c1-6-10-9(7(2)19)13(20)17(10)11(14(21)22)12(6)23-8-3-15-16(4-8)5-18/h5-10,15,19H,3-4H2,1-2H3,(H,21,22)/t6-,7-,8?,9-,10-/m1/s1. The average molecular weight is 341 g/mol. The summed E-state index contributed by atoms with van der Waals surface area (Å²) in [6.45, 7) is 4.49. The van der Waals surface area contributed by atoms with E-state index in [1.807, 2.05) is 6.92 Å². The van der Waals surface area contributed by atoms with Crippen LogP contribution in [0.4, 0.5) is 0 Å². The lowest BCUT2D eigenvalue weighted by molar-refractivity contribution is -0.163. The molecule has 2 saturated heterocycles. The van der Waals surface area contributed by atoms with Crippen molar-refractivity contribution in [1.82, 2.24) is 15.3 Å². The van der Waals surface area contributed by atoms with Crippen LogP contribution in [-0.2, 0) is 14.4 Å². The molecule has 0 radical (unpaired) electrons. The van der Waals surface area contributed by atoms with Crippen molar-refractivity contribution in [2.45, 2.75) is 31.2 Å². The van der Waals surface area contributed by atoms with Gasteiger partial charge in [0.1, 0.15) is 5.70 Å². The molecule has 3 heterocycles. The van der Waals surface area contributed by atoms with E-state index < -0.39 is 18.0 Å². The first kappa shape index (κ1) is 16.3. The second-order valence-corrected chi connectivity index (χ2v) is 7.47. The molecule has 23 heavy (non-hydrogen) atoms. The number of carboxylic acid groups (broad SMARTS) is 1. The number of hydrazine groups is 1. The zero-order valence-electron chi connectivity index (χ0n) is 12.8. The molecular formula is C14H19N3O5S. The molecule has 1 unspecified atom stereocenters. The Morgan fingerprint density at radius 1 is 1.52 bits per heavy atom. The summed E-state index contributed by atoms with van der Waals surface area (Å²) in [5.74, 6) is -2.15. The molecule has 3 aliphatic rings. The maximum absolute atomic E-state index is 12.2. The Labute approximate surface area is 137 Å². The van der Waals surface area contributed by atoms with E-state index in [4.69, 9.17) is 0 Å². The highest BCUT2D eigenvalue weighted by Gasteiger charge is 2.60. The Kier molecular flexibility index (Phi) is 4.11. The van der Waals surface area contributed by atoms with Crippen molar-refractivity contribution in [2.24, 2.45) is 11.8 Å². The number of nitrogens with one attached hydrogen (secondary N) is 1. The van der Waals surface area contributed by atoms with Crippen LogP contribution in [0, 0.1) is 11.8 Å². The van der Waals surface area contributed by atoms with Crippen LogP contribution in [0.25, 0.3) is 0 Å². The molecule has 126 valence electrons. The van der Waals surface area contributed by atoms with Gasteiger partial charge < -0.3 is 15.1 Å². The van der Waals surface area contributed by atoms with Crippen LogP contribution in [-0.4, -0.2) is 68.9 Å². The third-order valence-corrected chi connectivity index (χ3v) is 6.12. The van der Waals surface area contributed by atoms with Crippen LogP contribution in [0.5, 0.6) is 0 Å². The number of thioether (sulfide) groups is 1. The largest absolute Gasteiger partial charge is 0.477 e. The molecule has 2 fully saturated rings. The van der Waals surface area contributed by atoms with Gasteiger partial charge in [0.15, 0.2) is 0 Å². The predicted octanol–water partition coefficient (Wildman–Crippen LogP) is -0.781. The summed E-state index contributed by atoms with van der Waals surface area (Å²) in [5, 5.41) is 20.8. The van der Waals surface area contributed by atoms with Gasteiger partial charge >= 0.3 is 5.97 Å². The zero-order valence-corrected chi connectivity index (χ0v) is 13.6. The molecule has 0 bridgehead atoms. The quantitative estimate of drug-likeness (QED) is 0.444. The molecule has 3 N–H and O–H groups in total. The number of hydrogen-bond acceptors (Lipinski definition) is 6. The first-order chi connectivity index (χ1) is 10.9. The molecule has 3 rings (SSSR count). The summed E-state index contributed by atoms with van der Waals surface area (Å²) in [4.78, 5) is 36.6. The molecule has 0 aromatic heterocycles. The van der Waals surface area contributed by atoms with Crippen molar-refractivity contribution in [3.8, 4) is 0 Å². The number of carbonyl (C=O) groups is 3. The van der Waals surface area contributed by atoms with Crippen LogP contribution in [0.2, 0.25) is 0 Å². The minimum Gasteiger partial charge on any atom is -0.477 e. The number of hydrogen-bond donors (Lipinski definition) is 3. The Balaban J connectivity index is 1.85. The molecule has 0 aromatic carbocycles. The molecule has 2 amide bonds. The van der Waals surface area contributed by atoms with Gasteiger partial charge in [-0.3, -0.25) is 14.6 Å². The van der Waals surface area contributed by atoms with Crippen molar-refractivity contribution in [2.75, 3.05) is 13.1 Å². The second-order valence-electron chi connectivity index (χ2n) is 6.13.